The molecule has 4 aromatic rings. The minimum absolute atomic E-state index is 0.0212. The minimum atomic E-state index is -0.664. The molecule has 2 heterocycles. The molecule has 0 aliphatic carbocycles. The van der Waals surface area contributed by atoms with Gasteiger partial charge in [-0.1, -0.05) is 12.1 Å². The Bertz CT molecular complexity index is 1040. The third kappa shape index (κ3) is 2.36. The molecule has 2 aromatic carbocycles. The molecule has 0 saturated carbocycles. The molecule has 0 atom stereocenters. The number of anilines is 2. The van der Waals surface area contributed by atoms with E-state index in [1.54, 1.807) is 18.2 Å². The number of primary amides is 1. The van der Waals surface area contributed by atoms with Crippen molar-refractivity contribution in [1.29, 1.82) is 0 Å². The summed E-state index contributed by atoms with van der Waals surface area (Å²) in [7, 11) is 0. The van der Waals surface area contributed by atoms with Gasteiger partial charge in [-0.3, -0.25) is 4.79 Å². The second-order valence-corrected chi connectivity index (χ2v) is 5.11. The first kappa shape index (κ1) is 13.3. The van der Waals surface area contributed by atoms with Crippen molar-refractivity contribution in [3.05, 3.63) is 60.6 Å². The van der Waals surface area contributed by atoms with Crippen LogP contribution in [-0.4, -0.2) is 20.9 Å². The van der Waals surface area contributed by atoms with Crippen LogP contribution in [0.15, 0.2) is 48.7 Å². The van der Waals surface area contributed by atoms with E-state index >= 15 is 0 Å². The van der Waals surface area contributed by atoms with Crippen LogP contribution in [0.4, 0.5) is 11.5 Å². The highest BCUT2D eigenvalue weighted by Crippen LogP contribution is 2.25. The van der Waals surface area contributed by atoms with Crippen LogP contribution in [0.2, 0.25) is 0 Å². The number of hydrogen-bond acceptors (Lipinski definition) is 4. The van der Waals surface area contributed by atoms with Crippen molar-refractivity contribution in [2.75, 3.05) is 5.32 Å². The van der Waals surface area contributed by atoms with Crippen LogP contribution in [0.1, 0.15) is 10.6 Å². The number of H-pyrrole nitrogens is 1. The van der Waals surface area contributed by atoms with Gasteiger partial charge in [0.05, 0.1) is 5.52 Å². The first-order chi connectivity index (χ1) is 11.2. The number of aromatic nitrogens is 3. The lowest BCUT2D eigenvalue weighted by molar-refractivity contribution is 0.0991. The molecule has 0 spiro atoms. The van der Waals surface area contributed by atoms with Crippen molar-refractivity contribution < 1.29 is 4.79 Å². The Labute approximate surface area is 131 Å². The maximum absolute atomic E-state index is 11.4. The van der Waals surface area contributed by atoms with E-state index < -0.39 is 5.91 Å². The Balaban J connectivity index is 1.84. The van der Waals surface area contributed by atoms with Gasteiger partial charge < -0.3 is 16.0 Å². The average Bonchev–Trinajstić information content (AvgIpc) is 3.02. The molecule has 6 heteroatoms. The second-order valence-electron chi connectivity index (χ2n) is 5.11. The largest absolute Gasteiger partial charge is 0.363 e. The first-order valence-corrected chi connectivity index (χ1v) is 7.02. The molecule has 1 radical (unpaired) electrons. The molecular formula is C17H12N5O. The fraction of sp³-hybridized carbons (Fsp3) is 0. The topological polar surface area (TPSA) is 96.7 Å². The van der Waals surface area contributed by atoms with Crippen LogP contribution in [0.5, 0.6) is 0 Å². The lowest BCUT2D eigenvalue weighted by Gasteiger charge is -2.10. The summed E-state index contributed by atoms with van der Waals surface area (Å²) in [5, 5.41) is 5.11. The number of hydrogen-bond donors (Lipinski definition) is 3. The molecule has 4 N–H and O–H groups in total. The summed E-state index contributed by atoms with van der Waals surface area (Å²) in [5.74, 6) is -0.165. The number of nitrogens with two attached hydrogens (primary N) is 1. The molecule has 23 heavy (non-hydrogen) atoms. The van der Waals surface area contributed by atoms with Crippen molar-refractivity contribution >= 4 is 39.2 Å². The predicted molar refractivity (Wildman–Crippen MR) is 88.5 cm³/mol. The van der Waals surface area contributed by atoms with Crippen LogP contribution in [0.25, 0.3) is 21.8 Å². The van der Waals surface area contributed by atoms with Gasteiger partial charge in [0.2, 0.25) is 5.82 Å². The third-order valence-corrected chi connectivity index (χ3v) is 3.58. The number of benzene rings is 2. The van der Waals surface area contributed by atoms with Crippen molar-refractivity contribution in [2.24, 2.45) is 5.73 Å². The van der Waals surface area contributed by atoms with Gasteiger partial charge in [0.15, 0.2) is 0 Å². The summed E-state index contributed by atoms with van der Waals surface area (Å²) >= 11 is 0. The molecule has 111 valence electrons. The van der Waals surface area contributed by atoms with E-state index in [4.69, 9.17) is 5.73 Å². The summed E-state index contributed by atoms with van der Waals surface area (Å²) in [6.45, 7) is 0. The van der Waals surface area contributed by atoms with Crippen molar-refractivity contribution in [3.8, 4) is 0 Å². The molecular weight excluding hydrogens is 290 g/mol. The maximum atomic E-state index is 11.4. The van der Waals surface area contributed by atoms with Gasteiger partial charge in [-0.2, -0.15) is 0 Å². The van der Waals surface area contributed by atoms with Crippen molar-refractivity contribution in [2.45, 2.75) is 0 Å². The van der Waals surface area contributed by atoms with E-state index in [2.05, 4.69) is 26.3 Å². The quantitative estimate of drug-likeness (QED) is 0.542. The number of nitrogens with zero attached hydrogens (tertiary/aromatic N) is 2. The number of amides is 1. The van der Waals surface area contributed by atoms with Gasteiger partial charge in [0.25, 0.3) is 5.91 Å². The number of carbonyl (C=O) groups excluding carboxylic acids is 1. The van der Waals surface area contributed by atoms with Gasteiger partial charge in [-0.25, -0.2) is 9.97 Å². The van der Waals surface area contributed by atoms with Gasteiger partial charge in [0.1, 0.15) is 5.82 Å². The molecule has 4 rings (SSSR count). The Morgan fingerprint density at radius 2 is 2.13 bits per heavy atom. The zero-order valence-electron chi connectivity index (χ0n) is 12.0. The molecule has 0 aliphatic rings. The maximum Gasteiger partial charge on any atom is 0.286 e. The summed E-state index contributed by atoms with van der Waals surface area (Å²) in [4.78, 5) is 23.0. The highest BCUT2D eigenvalue weighted by molar-refractivity contribution is 5.96. The van der Waals surface area contributed by atoms with E-state index in [1.165, 1.54) is 0 Å². The molecule has 0 aliphatic heterocycles. The number of fused-ring (bicyclic) bond motifs is 2. The van der Waals surface area contributed by atoms with E-state index in [9.17, 15) is 4.79 Å². The molecule has 0 bridgehead atoms. The van der Waals surface area contributed by atoms with Gasteiger partial charge in [0, 0.05) is 22.8 Å². The standard InChI is InChI=1S/C17H12N5O/c18-15(23)17-21-13-4-2-1-3-12(13)16(22-17)20-11-6-5-10-7-8-19-14(10)9-11/h2-9,19H,(H2,18,23)(H,20,21,22). The molecule has 1 amide bonds. The number of carbonyl (C=O) groups is 1. The lowest BCUT2D eigenvalue weighted by Crippen LogP contribution is -2.16. The van der Waals surface area contributed by atoms with Gasteiger partial charge in [-0.05, 0) is 41.8 Å². The molecule has 6 nitrogen and oxygen atoms in total. The Morgan fingerprint density at radius 1 is 1.22 bits per heavy atom. The van der Waals surface area contributed by atoms with Crippen LogP contribution in [0, 0.1) is 6.07 Å². The minimum Gasteiger partial charge on any atom is -0.363 e. The number of rotatable bonds is 3. The highest BCUT2D eigenvalue weighted by atomic mass is 16.1. The number of nitrogens with one attached hydrogen (secondary N) is 2. The van der Waals surface area contributed by atoms with E-state index in [0.29, 0.717) is 11.3 Å². The Morgan fingerprint density at radius 3 is 3.00 bits per heavy atom. The lowest BCUT2D eigenvalue weighted by atomic mass is 10.2. The van der Waals surface area contributed by atoms with Crippen LogP contribution in [0.3, 0.4) is 0 Å². The second kappa shape index (κ2) is 5.10. The normalized spacial score (nSPS) is 11.0. The van der Waals surface area contributed by atoms with Crippen molar-refractivity contribution in [1.82, 2.24) is 15.0 Å². The Kier molecular flexibility index (Phi) is 2.94. The molecule has 0 saturated heterocycles. The number of aromatic amines is 1. The fourth-order valence-electron chi connectivity index (χ4n) is 2.48. The zero-order valence-corrected chi connectivity index (χ0v) is 12.0. The van der Waals surface area contributed by atoms with Crippen LogP contribution < -0.4 is 11.1 Å². The fourth-order valence-corrected chi connectivity index (χ4v) is 2.48. The molecule has 0 unspecified atom stereocenters. The molecule has 0 fully saturated rings. The highest BCUT2D eigenvalue weighted by Gasteiger charge is 2.11. The molecule has 2 aromatic heterocycles. The smallest absolute Gasteiger partial charge is 0.286 e. The van der Waals surface area contributed by atoms with E-state index in [-0.39, 0.29) is 5.82 Å². The third-order valence-electron chi connectivity index (χ3n) is 3.58. The summed E-state index contributed by atoms with van der Waals surface area (Å²) < 4.78 is 0. The summed E-state index contributed by atoms with van der Waals surface area (Å²) in [6.07, 6.45) is 1.88. The van der Waals surface area contributed by atoms with Crippen LogP contribution >= 0.6 is 0 Å². The first-order valence-electron chi connectivity index (χ1n) is 7.02. The average molecular weight is 302 g/mol. The Hall–Kier alpha value is -3.41. The van der Waals surface area contributed by atoms with Gasteiger partial charge in [-0.15, -0.1) is 0 Å². The monoisotopic (exact) mass is 302 g/mol. The summed E-state index contributed by atoms with van der Waals surface area (Å²) in [6, 6.07) is 16.2. The van der Waals surface area contributed by atoms with Gasteiger partial charge >= 0.3 is 0 Å². The summed E-state index contributed by atoms with van der Waals surface area (Å²) in [5.41, 5.74) is 7.81. The predicted octanol–water partition coefficient (Wildman–Crippen LogP) is 2.75. The van der Waals surface area contributed by atoms with Crippen LogP contribution in [-0.2, 0) is 0 Å². The van der Waals surface area contributed by atoms with E-state index in [0.717, 1.165) is 22.0 Å². The SMILES string of the molecule is NC(=O)c1nc(Nc2ccc3cc[nH]c3c2)c2c[c]ccc2n1. The van der Waals surface area contributed by atoms with E-state index in [1.807, 2.05) is 30.5 Å². The van der Waals surface area contributed by atoms with Crippen molar-refractivity contribution in [3.63, 3.8) is 0 Å². The zero-order chi connectivity index (χ0) is 15.8.